The van der Waals surface area contributed by atoms with Crippen molar-refractivity contribution in [2.24, 2.45) is 5.73 Å². The van der Waals surface area contributed by atoms with E-state index in [4.69, 9.17) is 26.8 Å². The van der Waals surface area contributed by atoms with Crippen LogP contribution in [0, 0.1) is 0 Å². The van der Waals surface area contributed by atoms with E-state index in [2.05, 4.69) is 5.32 Å². The van der Waals surface area contributed by atoms with Gasteiger partial charge in [-0.1, -0.05) is 11.6 Å². The van der Waals surface area contributed by atoms with Crippen molar-refractivity contribution in [2.45, 2.75) is 31.9 Å². The van der Waals surface area contributed by atoms with E-state index in [1.807, 2.05) is 5.32 Å². The fourth-order valence-electron chi connectivity index (χ4n) is 2.23. The Hall–Kier alpha value is -1.99. The Morgan fingerprint density at radius 1 is 1.52 bits per heavy atom. The Balaban J connectivity index is 2.02. The summed E-state index contributed by atoms with van der Waals surface area (Å²) in [5.74, 6) is 0.0196. The van der Waals surface area contributed by atoms with Gasteiger partial charge in [0.1, 0.15) is 18.4 Å². The van der Waals surface area contributed by atoms with Gasteiger partial charge in [0, 0.05) is 11.6 Å². The number of carbonyl (C=O) groups excluding carboxylic acids is 2. The van der Waals surface area contributed by atoms with E-state index in [9.17, 15) is 9.59 Å². The second-order valence-corrected chi connectivity index (χ2v) is 5.74. The SMILES string of the molecule is C[C@H](Nc1cc(Cl)ccc1OC[C@H]1CCCO1)C(=O)NC(N)=O. The van der Waals surface area contributed by atoms with Gasteiger partial charge in [-0.3, -0.25) is 10.1 Å². The number of urea groups is 1. The third-order valence-electron chi connectivity index (χ3n) is 3.40. The molecule has 1 aromatic rings. The molecule has 3 amide bonds. The fourth-order valence-corrected chi connectivity index (χ4v) is 2.40. The summed E-state index contributed by atoms with van der Waals surface area (Å²) in [6.07, 6.45) is 2.08. The number of benzene rings is 1. The average Bonchev–Trinajstić information content (AvgIpc) is 2.99. The summed E-state index contributed by atoms with van der Waals surface area (Å²) in [5.41, 5.74) is 5.50. The molecule has 0 spiro atoms. The van der Waals surface area contributed by atoms with Gasteiger partial charge in [-0.2, -0.15) is 0 Å². The molecule has 1 aliphatic rings. The number of hydrogen-bond donors (Lipinski definition) is 3. The van der Waals surface area contributed by atoms with Gasteiger partial charge in [-0.25, -0.2) is 4.79 Å². The van der Waals surface area contributed by atoms with Crippen molar-refractivity contribution in [1.29, 1.82) is 0 Å². The van der Waals surface area contributed by atoms with Crippen LogP contribution >= 0.6 is 11.6 Å². The quantitative estimate of drug-likeness (QED) is 0.733. The Kier molecular flexibility index (Phi) is 6.06. The third-order valence-corrected chi connectivity index (χ3v) is 3.64. The number of nitrogens with one attached hydrogen (secondary N) is 2. The predicted molar refractivity (Wildman–Crippen MR) is 86.7 cm³/mol. The topological polar surface area (TPSA) is 103 Å². The van der Waals surface area contributed by atoms with Crippen LogP contribution in [0.2, 0.25) is 5.02 Å². The lowest BCUT2D eigenvalue weighted by molar-refractivity contribution is -0.120. The second kappa shape index (κ2) is 8.03. The number of rotatable bonds is 6. The number of imide groups is 1. The molecule has 0 saturated carbocycles. The van der Waals surface area contributed by atoms with E-state index >= 15 is 0 Å². The van der Waals surface area contributed by atoms with E-state index in [0.717, 1.165) is 19.4 Å². The van der Waals surface area contributed by atoms with Crippen LogP contribution in [0.3, 0.4) is 0 Å². The Bertz CT molecular complexity index is 576. The molecule has 1 aliphatic heterocycles. The Morgan fingerprint density at radius 2 is 2.30 bits per heavy atom. The van der Waals surface area contributed by atoms with Crippen molar-refractivity contribution in [2.75, 3.05) is 18.5 Å². The van der Waals surface area contributed by atoms with E-state index < -0.39 is 18.0 Å². The molecule has 7 nitrogen and oxygen atoms in total. The second-order valence-electron chi connectivity index (χ2n) is 5.31. The number of primary amides is 1. The average molecular weight is 342 g/mol. The van der Waals surface area contributed by atoms with Gasteiger partial charge in [0.25, 0.3) is 0 Å². The van der Waals surface area contributed by atoms with Crippen molar-refractivity contribution < 1.29 is 19.1 Å². The number of amides is 3. The van der Waals surface area contributed by atoms with Crippen LogP contribution in [0.5, 0.6) is 5.75 Å². The molecule has 2 rings (SSSR count). The molecule has 8 heteroatoms. The van der Waals surface area contributed by atoms with Crippen LogP contribution in [-0.4, -0.2) is 37.3 Å². The van der Waals surface area contributed by atoms with Crippen molar-refractivity contribution in [3.63, 3.8) is 0 Å². The molecule has 0 aliphatic carbocycles. The summed E-state index contributed by atoms with van der Waals surface area (Å²) in [7, 11) is 0. The first-order valence-corrected chi connectivity index (χ1v) is 7.74. The highest BCUT2D eigenvalue weighted by molar-refractivity contribution is 6.31. The Labute approximate surface area is 139 Å². The molecule has 0 radical (unpaired) electrons. The smallest absolute Gasteiger partial charge is 0.318 e. The van der Waals surface area contributed by atoms with Crippen molar-refractivity contribution in [3.8, 4) is 5.75 Å². The van der Waals surface area contributed by atoms with Gasteiger partial charge in [-0.15, -0.1) is 0 Å². The van der Waals surface area contributed by atoms with Crippen molar-refractivity contribution >= 4 is 29.2 Å². The first kappa shape index (κ1) is 17.4. The first-order chi connectivity index (χ1) is 11.0. The Morgan fingerprint density at radius 3 is 2.96 bits per heavy atom. The lowest BCUT2D eigenvalue weighted by Crippen LogP contribution is -2.43. The number of halogens is 1. The zero-order chi connectivity index (χ0) is 16.8. The van der Waals surface area contributed by atoms with Gasteiger partial charge in [0.15, 0.2) is 0 Å². The van der Waals surface area contributed by atoms with E-state index in [0.29, 0.717) is 23.1 Å². The molecular formula is C15H20ClN3O4. The lowest BCUT2D eigenvalue weighted by Gasteiger charge is -2.19. The molecule has 1 saturated heterocycles. The predicted octanol–water partition coefficient (Wildman–Crippen LogP) is 1.89. The lowest BCUT2D eigenvalue weighted by atomic mass is 10.2. The number of ether oxygens (including phenoxy) is 2. The maximum Gasteiger partial charge on any atom is 0.318 e. The summed E-state index contributed by atoms with van der Waals surface area (Å²) in [6.45, 7) is 2.78. The van der Waals surface area contributed by atoms with Crippen LogP contribution in [0.25, 0.3) is 0 Å². The molecule has 0 bridgehead atoms. The monoisotopic (exact) mass is 341 g/mol. The molecule has 0 aromatic heterocycles. The molecule has 2 atom stereocenters. The third kappa shape index (κ3) is 5.30. The van der Waals surface area contributed by atoms with Crippen LogP contribution in [-0.2, 0) is 9.53 Å². The van der Waals surface area contributed by atoms with Gasteiger partial charge >= 0.3 is 6.03 Å². The molecule has 0 unspecified atom stereocenters. The highest BCUT2D eigenvalue weighted by Crippen LogP contribution is 2.29. The maximum absolute atomic E-state index is 11.8. The largest absolute Gasteiger partial charge is 0.489 e. The fraction of sp³-hybridized carbons (Fsp3) is 0.467. The normalized spacial score (nSPS) is 18.3. The maximum atomic E-state index is 11.8. The highest BCUT2D eigenvalue weighted by atomic mass is 35.5. The minimum atomic E-state index is -0.899. The minimum Gasteiger partial charge on any atom is -0.489 e. The highest BCUT2D eigenvalue weighted by Gasteiger charge is 2.19. The first-order valence-electron chi connectivity index (χ1n) is 7.36. The van der Waals surface area contributed by atoms with E-state index in [1.54, 1.807) is 25.1 Å². The van der Waals surface area contributed by atoms with Gasteiger partial charge in [0.05, 0.1) is 11.8 Å². The van der Waals surface area contributed by atoms with Crippen molar-refractivity contribution in [3.05, 3.63) is 23.2 Å². The molecule has 126 valence electrons. The van der Waals surface area contributed by atoms with Crippen LogP contribution < -0.4 is 21.1 Å². The summed E-state index contributed by atoms with van der Waals surface area (Å²) in [4.78, 5) is 22.5. The van der Waals surface area contributed by atoms with Crippen LogP contribution in [0.15, 0.2) is 18.2 Å². The zero-order valence-corrected chi connectivity index (χ0v) is 13.6. The van der Waals surface area contributed by atoms with E-state index in [-0.39, 0.29) is 6.10 Å². The minimum absolute atomic E-state index is 0.0779. The summed E-state index contributed by atoms with van der Waals surface area (Å²) in [6, 6.07) is 3.49. The molecule has 1 fully saturated rings. The molecule has 23 heavy (non-hydrogen) atoms. The zero-order valence-electron chi connectivity index (χ0n) is 12.8. The molecule has 1 aromatic carbocycles. The van der Waals surface area contributed by atoms with Gasteiger partial charge in [0.2, 0.25) is 5.91 Å². The summed E-state index contributed by atoms with van der Waals surface area (Å²) in [5, 5.41) is 5.48. The van der Waals surface area contributed by atoms with Gasteiger partial charge < -0.3 is 20.5 Å². The standard InChI is InChI=1S/C15H20ClN3O4/c1-9(14(20)19-15(17)21)18-12-7-10(16)4-5-13(12)23-8-11-3-2-6-22-11/h4-5,7,9,11,18H,2-3,6,8H2,1H3,(H3,17,19,20,21)/t9-,11+/m0/s1. The number of nitrogens with two attached hydrogens (primary N) is 1. The molecule has 1 heterocycles. The number of carbonyl (C=O) groups is 2. The van der Waals surface area contributed by atoms with Gasteiger partial charge in [-0.05, 0) is 38.0 Å². The summed E-state index contributed by atoms with van der Waals surface area (Å²) < 4.78 is 11.3. The number of hydrogen-bond acceptors (Lipinski definition) is 5. The molecular weight excluding hydrogens is 322 g/mol. The molecule has 4 N–H and O–H groups in total. The van der Waals surface area contributed by atoms with E-state index in [1.165, 1.54) is 0 Å². The summed E-state index contributed by atoms with van der Waals surface area (Å²) >= 11 is 6.00. The van der Waals surface area contributed by atoms with Crippen LogP contribution in [0.4, 0.5) is 10.5 Å². The van der Waals surface area contributed by atoms with Crippen LogP contribution in [0.1, 0.15) is 19.8 Å². The number of anilines is 1. The van der Waals surface area contributed by atoms with Crippen molar-refractivity contribution in [1.82, 2.24) is 5.32 Å².